The minimum atomic E-state index is -0.956. The summed E-state index contributed by atoms with van der Waals surface area (Å²) in [4.78, 5) is 26.3. The van der Waals surface area contributed by atoms with Crippen molar-refractivity contribution in [2.24, 2.45) is 10.9 Å². The van der Waals surface area contributed by atoms with Crippen LogP contribution in [0.5, 0.6) is 0 Å². The zero-order chi connectivity index (χ0) is 13.4. The molecule has 0 aliphatic rings. The van der Waals surface area contributed by atoms with Gasteiger partial charge >= 0.3 is 11.9 Å². The van der Waals surface area contributed by atoms with E-state index < -0.39 is 12.0 Å². The van der Waals surface area contributed by atoms with E-state index >= 15 is 0 Å². The minimum absolute atomic E-state index is 0.0497. The Morgan fingerprint density at radius 1 is 1.35 bits per heavy atom. The molecule has 0 fully saturated rings. The molecule has 0 aromatic rings. The quantitative estimate of drug-likeness (QED) is 0.547. The van der Waals surface area contributed by atoms with Crippen molar-refractivity contribution in [1.29, 1.82) is 0 Å². The third-order valence-corrected chi connectivity index (χ3v) is 2.50. The Hall–Kier alpha value is -1.39. The van der Waals surface area contributed by atoms with Gasteiger partial charge in [-0.1, -0.05) is 20.3 Å². The van der Waals surface area contributed by atoms with Crippen molar-refractivity contribution in [3.8, 4) is 0 Å². The summed E-state index contributed by atoms with van der Waals surface area (Å²) in [7, 11) is 0. The lowest BCUT2D eigenvalue weighted by Gasteiger charge is -2.15. The highest BCUT2D eigenvalue weighted by Crippen LogP contribution is 2.12. The first-order chi connectivity index (χ1) is 7.92. The third kappa shape index (κ3) is 6.04. The van der Waals surface area contributed by atoms with Gasteiger partial charge in [0.25, 0.3) is 0 Å². The molecule has 0 heterocycles. The van der Waals surface area contributed by atoms with Crippen LogP contribution >= 0.6 is 0 Å². The number of carboxylic acid groups (broad SMARTS) is 1. The monoisotopic (exact) mass is 243 g/mol. The standard InChI is InChI=1S/C12H21NO4/c1-5-8(3)11(12(15)16)13-9(4)7-10(14)17-6-2/h8,11H,5-7H2,1-4H3,(H,15,16)/t8-,11-/m0/s1. The number of nitrogens with zero attached hydrogens (tertiary/aromatic N) is 1. The second-order valence-corrected chi connectivity index (χ2v) is 4.01. The number of aliphatic carboxylic acids is 1. The summed E-state index contributed by atoms with van der Waals surface area (Å²) in [6, 6.07) is -0.783. The van der Waals surface area contributed by atoms with Crippen molar-refractivity contribution >= 4 is 17.7 Å². The van der Waals surface area contributed by atoms with Crippen LogP contribution < -0.4 is 0 Å². The molecule has 5 nitrogen and oxygen atoms in total. The molecular formula is C12H21NO4. The summed E-state index contributed by atoms with van der Waals surface area (Å²) < 4.78 is 4.77. The van der Waals surface area contributed by atoms with E-state index in [-0.39, 0.29) is 18.3 Å². The fraction of sp³-hybridized carbons (Fsp3) is 0.750. The van der Waals surface area contributed by atoms with E-state index in [0.717, 1.165) is 6.42 Å². The van der Waals surface area contributed by atoms with Gasteiger partial charge in [-0.25, -0.2) is 4.79 Å². The molecule has 98 valence electrons. The van der Waals surface area contributed by atoms with Crippen LogP contribution in [0.25, 0.3) is 0 Å². The molecule has 2 atom stereocenters. The highest BCUT2D eigenvalue weighted by molar-refractivity contribution is 5.98. The van der Waals surface area contributed by atoms with Crippen LogP contribution in [0.1, 0.15) is 40.5 Å². The maximum absolute atomic E-state index is 11.2. The number of aliphatic imine (C=N–C) groups is 1. The van der Waals surface area contributed by atoms with Crippen LogP contribution in [0.3, 0.4) is 0 Å². The largest absolute Gasteiger partial charge is 0.480 e. The molecule has 0 amide bonds. The number of hydrogen-bond acceptors (Lipinski definition) is 4. The molecule has 0 unspecified atom stereocenters. The van der Waals surface area contributed by atoms with Crippen molar-refractivity contribution in [2.75, 3.05) is 6.61 Å². The molecule has 0 saturated carbocycles. The van der Waals surface area contributed by atoms with Gasteiger partial charge in [0.15, 0.2) is 0 Å². The highest BCUT2D eigenvalue weighted by atomic mass is 16.5. The number of carbonyl (C=O) groups is 2. The lowest BCUT2D eigenvalue weighted by Crippen LogP contribution is -2.27. The Morgan fingerprint density at radius 3 is 2.35 bits per heavy atom. The van der Waals surface area contributed by atoms with E-state index in [2.05, 4.69) is 4.99 Å². The van der Waals surface area contributed by atoms with Crippen LogP contribution in [-0.2, 0) is 14.3 Å². The Labute approximate surface area is 102 Å². The topological polar surface area (TPSA) is 76.0 Å². The molecule has 0 saturated heterocycles. The van der Waals surface area contributed by atoms with E-state index in [0.29, 0.717) is 12.3 Å². The number of rotatable bonds is 7. The molecule has 5 heteroatoms. The molecule has 0 bridgehead atoms. The minimum Gasteiger partial charge on any atom is -0.480 e. The van der Waals surface area contributed by atoms with Crippen LogP contribution in [0, 0.1) is 5.92 Å². The molecule has 0 radical (unpaired) electrons. The fourth-order valence-electron chi connectivity index (χ4n) is 1.35. The van der Waals surface area contributed by atoms with Gasteiger partial charge in [0.05, 0.1) is 13.0 Å². The lowest BCUT2D eigenvalue weighted by atomic mass is 10.00. The molecule has 0 aliphatic carbocycles. The van der Waals surface area contributed by atoms with E-state index in [1.54, 1.807) is 13.8 Å². The lowest BCUT2D eigenvalue weighted by molar-refractivity contribution is -0.142. The van der Waals surface area contributed by atoms with Crippen LogP contribution in [0.15, 0.2) is 4.99 Å². The van der Waals surface area contributed by atoms with E-state index in [1.165, 1.54) is 0 Å². The Kier molecular flexibility index (Phi) is 7.18. The van der Waals surface area contributed by atoms with Gasteiger partial charge in [-0.15, -0.1) is 0 Å². The maximum Gasteiger partial charge on any atom is 0.328 e. The first-order valence-electron chi connectivity index (χ1n) is 5.84. The molecule has 0 aliphatic heterocycles. The first kappa shape index (κ1) is 15.6. The van der Waals surface area contributed by atoms with Gasteiger partial charge in [-0.3, -0.25) is 9.79 Å². The van der Waals surface area contributed by atoms with Crippen molar-refractivity contribution in [2.45, 2.75) is 46.6 Å². The van der Waals surface area contributed by atoms with Gasteiger partial charge in [-0.05, 0) is 19.8 Å². The van der Waals surface area contributed by atoms with Gasteiger partial charge in [0.1, 0.15) is 6.04 Å². The van der Waals surface area contributed by atoms with Gasteiger partial charge in [-0.2, -0.15) is 0 Å². The highest BCUT2D eigenvalue weighted by Gasteiger charge is 2.22. The molecule has 0 aromatic carbocycles. The van der Waals surface area contributed by atoms with E-state index in [1.807, 2.05) is 13.8 Å². The average molecular weight is 243 g/mol. The van der Waals surface area contributed by atoms with Crippen LogP contribution in [0.4, 0.5) is 0 Å². The summed E-state index contributed by atoms with van der Waals surface area (Å²) >= 11 is 0. The predicted octanol–water partition coefficient (Wildman–Crippen LogP) is 1.90. The number of carboxylic acids is 1. The van der Waals surface area contributed by atoms with Crippen LogP contribution in [0.2, 0.25) is 0 Å². The number of carbonyl (C=O) groups excluding carboxylic acids is 1. The summed E-state index contributed by atoms with van der Waals surface area (Å²) in [6.45, 7) is 7.44. The zero-order valence-electron chi connectivity index (χ0n) is 10.9. The molecule has 17 heavy (non-hydrogen) atoms. The van der Waals surface area contributed by atoms with Crippen molar-refractivity contribution in [3.63, 3.8) is 0 Å². The Bertz CT molecular complexity index is 299. The van der Waals surface area contributed by atoms with E-state index in [4.69, 9.17) is 9.84 Å². The fourth-order valence-corrected chi connectivity index (χ4v) is 1.35. The predicted molar refractivity (Wildman–Crippen MR) is 65.2 cm³/mol. The number of esters is 1. The van der Waals surface area contributed by atoms with Crippen molar-refractivity contribution in [1.82, 2.24) is 0 Å². The zero-order valence-corrected chi connectivity index (χ0v) is 10.9. The summed E-state index contributed by atoms with van der Waals surface area (Å²) in [6.07, 6.45) is 0.779. The SMILES string of the molecule is CCOC(=O)CC(C)=N[C@H](C(=O)O)[C@@H](C)CC. The normalized spacial score (nSPS) is 15.2. The van der Waals surface area contributed by atoms with Crippen molar-refractivity contribution in [3.05, 3.63) is 0 Å². The molecule has 0 rings (SSSR count). The maximum atomic E-state index is 11.2. The molecule has 0 aromatic heterocycles. The smallest absolute Gasteiger partial charge is 0.328 e. The second kappa shape index (κ2) is 7.81. The summed E-state index contributed by atoms with van der Waals surface area (Å²) in [5.74, 6) is -1.38. The average Bonchev–Trinajstić information content (AvgIpc) is 2.24. The summed E-state index contributed by atoms with van der Waals surface area (Å²) in [5, 5.41) is 9.04. The Balaban J connectivity index is 4.59. The Morgan fingerprint density at radius 2 is 1.94 bits per heavy atom. The molecule has 0 spiro atoms. The summed E-state index contributed by atoms with van der Waals surface area (Å²) in [5.41, 5.74) is 0.496. The van der Waals surface area contributed by atoms with Crippen LogP contribution in [-0.4, -0.2) is 35.4 Å². The van der Waals surface area contributed by atoms with Gasteiger partial charge in [0, 0.05) is 5.71 Å². The number of ether oxygens (including phenoxy) is 1. The number of hydrogen-bond donors (Lipinski definition) is 1. The first-order valence-corrected chi connectivity index (χ1v) is 5.84. The molecular weight excluding hydrogens is 222 g/mol. The third-order valence-electron chi connectivity index (χ3n) is 2.50. The van der Waals surface area contributed by atoms with Gasteiger partial charge in [0.2, 0.25) is 0 Å². The second-order valence-electron chi connectivity index (χ2n) is 4.01. The van der Waals surface area contributed by atoms with Crippen molar-refractivity contribution < 1.29 is 19.4 Å². The molecule has 1 N–H and O–H groups in total. The van der Waals surface area contributed by atoms with E-state index in [9.17, 15) is 9.59 Å². The van der Waals surface area contributed by atoms with Gasteiger partial charge < -0.3 is 9.84 Å².